The van der Waals surface area contributed by atoms with Crippen molar-refractivity contribution in [3.05, 3.63) is 36.0 Å². The van der Waals surface area contributed by atoms with Crippen LogP contribution in [0.5, 0.6) is 0 Å². The first kappa shape index (κ1) is 12.7. The average Bonchev–Trinajstić information content (AvgIpc) is 2.81. The van der Waals surface area contributed by atoms with Crippen molar-refractivity contribution in [1.29, 1.82) is 0 Å². The second-order valence-corrected chi connectivity index (χ2v) is 4.49. The fraction of sp³-hybridized carbons (Fsp3) is 0.375. The molecular formula is C16H20N2. The fourth-order valence-electron chi connectivity index (χ4n) is 2.22. The summed E-state index contributed by atoms with van der Waals surface area (Å²) in [5.41, 5.74) is 2.64. The van der Waals surface area contributed by atoms with Gasteiger partial charge in [0.1, 0.15) is 0 Å². The lowest BCUT2D eigenvalue weighted by molar-refractivity contribution is 0.678. The zero-order chi connectivity index (χ0) is 12.8. The SMILES string of the molecule is C#CCCn1ccc2c(CNCCC)cccc21. The summed E-state index contributed by atoms with van der Waals surface area (Å²) in [4.78, 5) is 0. The summed E-state index contributed by atoms with van der Waals surface area (Å²) < 4.78 is 2.23. The zero-order valence-corrected chi connectivity index (χ0v) is 10.9. The van der Waals surface area contributed by atoms with Crippen molar-refractivity contribution in [1.82, 2.24) is 9.88 Å². The standard InChI is InChI=1S/C16H20N2/c1-3-5-11-18-12-9-15-14(13-17-10-4-2)7-6-8-16(15)18/h1,6-9,12,17H,4-5,10-11,13H2,2H3. The molecule has 2 aromatic rings. The summed E-state index contributed by atoms with van der Waals surface area (Å²) in [6.07, 6.45) is 9.40. The highest BCUT2D eigenvalue weighted by Gasteiger charge is 2.04. The topological polar surface area (TPSA) is 17.0 Å². The van der Waals surface area contributed by atoms with Gasteiger partial charge in [0.15, 0.2) is 0 Å². The summed E-state index contributed by atoms with van der Waals surface area (Å²) in [6, 6.07) is 8.66. The van der Waals surface area contributed by atoms with E-state index < -0.39 is 0 Å². The lowest BCUT2D eigenvalue weighted by Crippen LogP contribution is -2.13. The van der Waals surface area contributed by atoms with Gasteiger partial charge in [0.2, 0.25) is 0 Å². The fourth-order valence-corrected chi connectivity index (χ4v) is 2.22. The maximum atomic E-state index is 5.33. The summed E-state index contributed by atoms with van der Waals surface area (Å²) >= 11 is 0. The number of terminal acetylenes is 1. The Labute approximate surface area is 109 Å². The molecule has 94 valence electrons. The molecule has 0 bridgehead atoms. The molecule has 0 saturated heterocycles. The van der Waals surface area contributed by atoms with Crippen molar-refractivity contribution in [2.75, 3.05) is 6.54 Å². The minimum Gasteiger partial charge on any atom is -0.347 e. The molecule has 0 fully saturated rings. The molecule has 1 heterocycles. The number of aryl methyl sites for hydroxylation is 1. The van der Waals surface area contributed by atoms with Gasteiger partial charge in [-0.25, -0.2) is 0 Å². The van der Waals surface area contributed by atoms with Crippen LogP contribution in [-0.2, 0) is 13.1 Å². The molecule has 0 radical (unpaired) electrons. The van der Waals surface area contributed by atoms with Crippen LogP contribution in [-0.4, -0.2) is 11.1 Å². The maximum Gasteiger partial charge on any atom is 0.0483 e. The molecule has 0 atom stereocenters. The zero-order valence-electron chi connectivity index (χ0n) is 10.9. The highest BCUT2D eigenvalue weighted by molar-refractivity contribution is 5.83. The van der Waals surface area contributed by atoms with Crippen LogP contribution in [0.1, 0.15) is 25.3 Å². The van der Waals surface area contributed by atoms with Crippen molar-refractivity contribution < 1.29 is 0 Å². The summed E-state index contributed by atoms with van der Waals surface area (Å²) in [7, 11) is 0. The summed E-state index contributed by atoms with van der Waals surface area (Å²) in [6.45, 7) is 5.08. The number of nitrogens with zero attached hydrogens (tertiary/aromatic N) is 1. The van der Waals surface area contributed by atoms with Gasteiger partial charge >= 0.3 is 0 Å². The lowest BCUT2D eigenvalue weighted by atomic mass is 10.1. The molecule has 2 heteroatoms. The Kier molecular flexibility index (Phi) is 4.44. The normalized spacial score (nSPS) is 10.7. The van der Waals surface area contributed by atoms with E-state index in [1.807, 2.05) is 0 Å². The van der Waals surface area contributed by atoms with Gasteiger partial charge in [0.05, 0.1) is 0 Å². The molecule has 2 nitrogen and oxygen atoms in total. The highest BCUT2D eigenvalue weighted by Crippen LogP contribution is 2.20. The molecule has 0 aliphatic rings. The number of aromatic nitrogens is 1. The third kappa shape index (κ3) is 2.75. The minimum absolute atomic E-state index is 0.780. The molecule has 1 N–H and O–H groups in total. The van der Waals surface area contributed by atoms with E-state index in [-0.39, 0.29) is 0 Å². The lowest BCUT2D eigenvalue weighted by Gasteiger charge is -2.07. The number of hydrogen-bond donors (Lipinski definition) is 1. The van der Waals surface area contributed by atoms with Crippen LogP contribution < -0.4 is 5.32 Å². The first-order valence-corrected chi connectivity index (χ1v) is 6.57. The molecule has 1 aromatic carbocycles. The van der Waals surface area contributed by atoms with E-state index in [0.717, 1.165) is 26.1 Å². The number of nitrogens with one attached hydrogen (secondary N) is 1. The first-order valence-electron chi connectivity index (χ1n) is 6.57. The van der Waals surface area contributed by atoms with E-state index in [4.69, 9.17) is 6.42 Å². The van der Waals surface area contributed by atoms with Gasteiger partial charge < -0.3 is 9.88 Å². The average molecular weight is 240 g/mol. The van der Waals surface area contributed by atoms with Crippen LogP contribution in [0.15, 0.2) is 30.5 Å². The molecule has 0 saturated carbocycles. The van der Waals surface area contributed by atoms with Crippen molar-refractivity contribution in [3.63, 3.8) is 0 Å². The Morgan fingerprint density at radius 3 is 3.00 bits per heavy atom. The third-order valence-electron chi connectivity index (χ3n) is 3.14. The molecule has 0 unspecified atom stereocenters. The Bertz CT molecular complexity index is 546. The predicted molar refractivity (Wildman–Crippen MR) is 77.4 cm³/mol. The minimum atomic E-state index is 0.780. The van der Waals surface area contributed by atoms with E-state index in [1.165, 1.54) is 22.9 Å². The smallest absolute Gasteiger partial charge is 0.0483 e. The van der Waals surface area contributed by atoms with Gasteiger partial charge in [-0.2, -0.15) is 0 Å². The van der Waals surface area contributed by atoms with E-state index >= 15 is 0 Å². The van der Waals surface area contributed by atoms with Gasteiger partial charge in [0, 0.05) is 36.6 Å². The van der Waals surface area contributed by atoms with Crippen LogP contribution in [0.4, 0.5) is 0 Å². The van der Waals surface area contributed by atoms with Crippen LogP contribution in [0, 0.1) is 12.3 Å². The highest BCUT2D eigenvalue weighted by atomic mass is 14.9. The van der Waals surface area contributed by atoms with Crippen LogP contribution in [0.3, 0.4) is 0 Å². The molecule has 0 aliphatic carbocycles. The van der Waals surface area contributed by atoms with Gasteiger partial charge in [-0.15, -0.1) is 12.3 Å². The Morgan fingerprint density at radius 2 is 2.22 bits per heavy atom. The van der Waals surface area contributed by atoms with Gasteiger partial charge in [-0.3, -0.25) is 0 Å². The molecular weight excluding hydrogens is 220 g/mol. The molecule has 0 aliphatic heterocycles. The van der Waals surface area contributed by atoms with E-state index in [0.29, 0.717) is 0 Å². The number of rotatable bonds is 6. The second kappa shape index (κ2) is 6.28. The maximum absolute atomic E-state index is 5.33. The molecule has 0 spiro atoms. The third-order valence-corrected chi connectivity index (χ3v) is 3.14. The first-order chi connectivity index (χ1) is 8.86. The number of hydrogen-bond acceptors (Lipinski definition) is 1. The Morgan fingerprint density at radius 1 is 1.33 bits per heavy atom. The number of fused-ring (bicyclic) bond motifs is 1. The quantitative estimate of drug-likeness (QED) is 0.606. The van der Waals surface area contributed by atoms with E-state index in [1.54, 1.807) is 0 Å². The van der Waals surface area contributed by atoms with Crippen LogP contribution >= 0.6 is 0 Å². The number of benzene rings is 1. The largest absolute Gasteiger partial charge is 0.347 e. The van der Waals surface area contributed by atoms with Gasteiger partial charge in [-0.1, -0.05) is 19.1 Å². The Hall–Kier alpha value is -1.72. The molecule has 0 amide bonds. The van der Waals surface area contributed by atoms with E-state index in [2.05, 4.69) is 53.2 Å². The molecule has 2 rings (SSSR count). The van der Waals surface area contributed by atoms with E-state index in [9.17, 15) is 0 Å². The van der Waals surface area contributed by atoms with Crippen molar-refractivity contribution in [3.8, 4) is 12.3 Å². The summed E-state index contributed by atoms with van der Waals surface area (Å²) in [5.74, 6) is 2.69. The molecule has 18 heavy (non-hydrogen) atoms. The Balaban J connectivity index is 2.22. The molecule has 1 aromatic heterocycles. The monoisotopic (exact) mass is 240 g/mol. The van der Waals surface area contributed by atoms with Crippen molar-refractivity contribution in [2.45, 2.75) is 32.9 Å². The predicted octanol–water partition coefficient (Wildman–Crippen LogP) is 3.16. The van der Waals surface area contributed by atoms with Crippen molar-refractivity contribution in [2.24, 2.45) is 0 Å². The second-order valence-electron chi connectivity index (χ2n) is 4.49. The summed E-state index contributed by atoms with van der Waals surface area (Å²) in [5, 5.41) is 4.79. The van der Waals surface area contributed by atoms with Gasteiger partial charge in [0.25, 0.3) is 0 Å². The van der Waals surface area contributed by atoms with Crippen molar-refractivity contribution >= 4 is 10.9 Å². The van der Waals surface area contributed by atoms with Gasteiger partial charge in [-0.05, 0) is 30.7 Å². The van der Waals surface area contributed by atoms with Crippen LogP contribution in [0.2, 0.25) is 0 Å². The van der Waals surface area contributed by atoms with Crippen LogP contribution in [0.25, 0.3) is 10.9 Å².